The number of aliphatic hydroxyl groups is 1. The van der Waals surface area contributed by atoms with Crippen molar-refractivity contribution in [2.24, 2.45) is 0 Å². The van der Waals surface area contributed by atoms with Crippen LogP contribution in [0.5, 0.6) is 0 Å². The van der Waals surface area contributed by atoms with E-state index in [1.54, 1.807) is 6.20 Å². The molecule has 0 saturated carbocycles. The van der Waals surface area contributed by atoms with E-state index in [0.29, 0.717) is 0 Å². The van der Waals surface area contributed by atoms with Gasteiger partial charge in [-0.25, -0.2) is 0 Å². The first-order valence-corrected chi connectivity index (χ1v) is 6.06. The molecule has 0 bridgehead atoms. The number of rotatable bonds is 2. The van der Waals surface area contributed by atoms with Crippen LogP contribution in [0.25, 0.3) is 10.9 Å². The molecule has 1 aromatic carbocycles. The van der Waals surface area contributed by atoms with E-state index in [9.17, 15) is 5.11 Å². The summed E-state index contributed by atoms with van der Waals surface area (Å²) in [6, 6.07) is 7.49. The van der Waals surface area contributed by atoms with E-state index in [4.69, 9.17) is 34.8 Å². The topological polar surface area (TPSA) is 46.0 Å². The quantitative estimate of drug-likeness (QED) is 0.865. The Bertz CT molecular complexity index is 522. The second-order valence-corrected chi connectivity index (χ2v) is 6.02. The maximum absolute atomic E-state index is 9.75. The Morgan fingerprint density at radius 1 is 1.24 bits per heavy atom. The van der Waals surface area contributed by atoms with E-state index < -0.39 is 9.90 Å². The predicted octanol–water partition coefficient (Wildman–Crippen LogP) is 2.90. The predicted molar refractivity (Wildman–Crippen MR) is 69.5 cm³/mol. The number of fused-ring (bicyclic) bond motifs is 1. The Balaban J connectivity index is 2.36. The highest BCUT2D eigenvalue weighted by Crippen LogP contribution is 2.32. The fourth-order valence-electron chi connectivity index (χ4n) is 1.55. The van der Waals surface area contributed by atoms with Crippen LogP contribution >= 0.6 is 34.8 Å². The first kappa shape index (κ1) is 12.8. The third-order valence-electron chi connectivity index (χ3n) is 2.42. The van der Waals surface area contributed by atoms with Crippen LogP contribution in [0.4, 0.5) is 0 Å². The largest absolute Gasteiger partial charge is 0.388 e. The highest BCUT2D eigenvalue weighted by molar-refractivity contribution is 6.68. The van der Waals surface area contributed by atoms with Gasteiger partial charge in [0.1, 0.15) is 6.10 Å². The zero-order valence-corrected chi connectivity index (χ0v) is 10.9. The fourth-order valence-corrected chi connectivity index (χ4v) is 1.78. The van der Waals surface area contributed by atoms with Gasteiger partial charge in [-0.05, 0) is 11.6 Å². The minimum absolute atomic E-state index is 0.215. The van der Waals surface area contributed by atoms with Crippen molar-refractivity contribution in [3.05, 3.63) is 36.0 Å². The molecule has 2 rings (SSSR count). The zero-order valence-electron chi connectivity index (χ0n) is 8.65. The average Bonchev–Trinajstić information content (AvgIpc) is 2.28. The van der Waals surface area contributed by atoms with Crippen LogP contribution in [0.3, 0.4) is 0 Å². The van der Waals surface area contributed by atoms with Crippen LogP contribution in [0, 0.1) is 0 Å². The van der Waals surface area contributed by atoms with Crippen LogP contribution < -0.4 is 0 Å². The highest BCUT2D eigenvalue weighted by atomic mass is 35.6. The first-order valence-electron chi connectivity index (χ1n) is 4.92. The van der Waals surface area contributed by atoms with Crippen molar-refractivity contribution in [1.29, 1.82) is 0 Å². The molecule has 6 heteroatoms. The number of halogens is 3. The molecule has 2 aromatic rings. The van der Waals surface area contributed by atoms with Gasteiger partial charge in [0.05, 0.1) is 11.7 Å². The average molecular weight is 292 g/mol. The molecule has 3 nitrogen and oxygen atoms in total. The van der Waals surface area contributed by atoms with Crippen LogP contribution in [0.1, 0.15) is 5.56 Å². The van der Waals surface area contributed by atoms with Crippen molar-refractivity contribution in [1.82, 2.24) is 10.2 Å². The summed E-state index contributed by atoms with van der Waals surface area (Å²) in [5, 5.41) is 18.5. The first-order chi connectivity index (χ1) is 7.98. The summed E-state index contributed by atoms with van der Waals surface area (Å²) < 4.78 is -1.70. The van der Waals surface area contributed by atoms with E-state index in [-0.39, 0.29) is 6.42 Å². The summed E-state index contributed by atoms with van der Waals surface area (Å²) in [5.41, 5.74) is 1.55. The maximum atomic E-state index is 9.75. The third-order valence-corrected chi connectivity index (χ3v) is 3.18. The summed E-state index contributed by atoms with van der Waals surface area (Å²) in [6.45, 7) is 0. The Morgan fingerprint density at radius 3 is 2.65 bits per heavy atom. The molecule has 1 N–H and O–H groups in total. The molecule has 0 saturated heterocycles. The molecular weight excluding hydrogens is 282 g/mol. The molecule has 0 spiro atoms. The van der Waals surface area contributed by atoms with Crippen molar-refractivity contribution >= 4 is 45.7 Å². The summed E-state index contributed by atoms with van der Waals surface area (Å²) in [5.74, 6) is 0. The van der Waals surface area contributed by atoms with Gasteiger partial charge in [0.25, 0.3) is 0 Å². The number of aliphatic hydroxyl groups excluding tert-OH is 1. The van der Waals surface area contributed by atoms with E-state index in [0.717, 1.165) is 16.5 Å². The second-order valence-electron chi connectivity index (χ2n) is 3.65. The van der Waals surface area contributed by atoms with Gasteiger partial charge in [-0.15, -0.1) is 0 Å². The van der Waals surface area contributed by atoms with Crippen molar-refractivity contribution in [2.75, 3.05) is 0 Å². The van der Waals surface area contributed by atoms with Crippen molar-refractivity contribution < 1.29 is 5.11 Å². The van der Waals surface area contributed by atoms with Crippen LogP contribution in [0.15, 0.2) is 30.5 Å². The smallest absolute Gasteiger partial charge is 0.216 e. The minimum atomic E-state index is -1.70. The van der Waals surface area contributed by atoms with Gasteiger partial charge in [-0.2, -0.15) is 10.2 Å². The standard InChI is InChI=1S/C11H9Cl3N2O/c12-11(13,14)10(17)5-7-6-15-16-9-4-2-1-3-8(7)9/h1-4,6,10,17H,5H2/t10-/m1/s1. The summed E-state index contributed by atoms with van der Waals surface area (Å²) in [6.07, 6.45) is 0.703. The zero-order chi connectivity index (χ0) is 12.5. The van der Waals surface area contributed by atoms with E-state index in [2.05, 4.69) is 10.2 Å². The molecule has 0 aliphatic rings. The van der Waals surface area contributed by atoms with Crippen LogP contribution in [-0.4, -0.2) is 25.2 Å². The van der Waals surface area contributed by atoms with Gasteiger partial charge in [0.15, 0.2) is 0 Å². The lowest BCUT2D eigenvalue weighted by atomic mass is 10.1. The lowest BCUT2D eigenvalue weighted by Gasteiger charge is -2.19. The Hall–Kier alpha value is -0.610. The number of hydrogen-bond acceptors (Lipinski definition) is 3. The lowest BCUT2D eigenvalue weighted by molar-refractivity contribution is 0.179. The van der Waals surface area contributed by atoms with Gasteiger partial charge in [0.2, 0.25) is 3.79 Å². The third kappa shape index (κ3) is 2.99. The molecule has 90 valence electrons. The SMILES string of the molecule is O[C@H](Cc1cnnc2ccccc12)C(Cl)(Cl)Cl. The lowest BCUT2D eigenvalue weighted by Crippen LogP contribution is -2.27. The molecule has 1 atom stereocenters. The summed E-state index contributed by atoms with van der Waals surface area (Å²) in [7, 11) is 0. The van der Waals surface area contributed by atoms with Gasteiger partial charge in [0, 0.05) is 11.8 Å². The minimum Gasteiger partial charge on any atom is -0.388 e. The van der Waals surface area contributed by atoms with Crippen molar-refractivity contribution in [3.63, 3.8) is 0 Å². The molecule has 0 radical (unpaired) electrons. The number of nitrogens with zero attached hydrogens (tertiary/aromatic N) is 2. The normalized spacial score (nSPS) is 13.9. The molecule has 1 aromatic heterocycles. The molecule has 0 unspecified atom stereocenters. The Kier molecular flexibility index (Phi) is 3.73. The van der Waals surface area contributed by atoms with Gasteiger partial charge >= 0.3 is 0 Å². The Morgan fingerprint density at radius 2 is 1.94 bits per heavy atom. The van der Waals surface area contributed by atoms with Crippen molar-refractivity contribution in [2.45, 2.75) is 16.3 Å². The summed E-state index contributed by atoms with van der Waals surface area (Å²) >= 11 is 16.9. The van der Waals surface area contributed by atoms with Crippen LogP contribution in [0.2, 0.25) is 0 Å². The fraction of sp³-hybridized carbons (Fsp3) is 0.273. The van der Waals surface area contributed by atoms with Gasteiger partial charge in [-0.3, -0.25) is 0 Å². The Labute approximate surface area is 113 Å². The summed E-state index contributed by atoms with van der Waals surface area (Å²) in [4.78, 5) is 0. The van der Waals surface area contributed by atoms with Crippen molar-refractivity contribution in [3.8, 4) is 0 Å². The van der Waals surface area contributed by atoms with Crippen LogP contribution in [-0.2, 0) is 6.42 Å². The molecule has 0 aliphatic carbocycles. The number of alkyl halides is 3. The molecule has 0 amide bonds. The monoisotopic (exact) mass is 290 g/mol. The molecular formula is C11H9Cl3N2O. The number of benzene rings is 1. The van der Waals surface area contributed by atoms with E-state index >= 15 is 0 Å². The van der Waals surface area contributed by atoms with E-state index in [1.165, 1.54) is 0 Å². The van der Waals surface area contributed by atoms with E-state index in [1.807, 2.05) is 24.3 Å². The molecule has 0 aliphatic heterocycles. The highest BCUT2D eigenvalue weighted by Gasteiger charge is 2.31. The molecule has 1 heterocycles. The second kappa shape index (κ2) is 4.94. The number of hydrogen-bond donors (Lipinski definition) is 1. The maximum Gasteiger partial charge on any atom is 0.216 e. The van der Waals surface area contributed by atoms with Gasteiger partial charge < -0.3 is 5.11 Å². The molecule has 17 heavy (non-hydrogen) atoms. The van der Waals surface area contributed by atoms with Gasteiger partial charge in [-0.1, -0.05) is 53.0 Å². The molecule has 0 fully saturated rings. The number of aromatic nitrogens is 2.